The zero-order valence-corrected chi connectivity index (χ0v) is 14.4. The Morgan fingerprint density at radius 3 is 2.35 bits per heavy atom. The van der Waals surface area contributed by atoms with E-state index >= 15 is 0 Å². The molecule has 2 aromatic carbocycles. The predicted molar refractivity (Wildman–Crippen MR) is 99.6 cm³/mol. The van der Waals surface area contributed by atoms with Gasteiger partial charge in [0.2, 0.25) is 0 Å². The second-order valence-corrected chi connectivity index (χ2v) is 7.49. The lowest BCUT2D eigenvalue weighted by Gasteiger charge is -2.22. The topological polar surface area (TPSA) is 0 Å². The van der Waals surface area contributed by atoms with Crippen molar-refractivity contribution >= 4 is 6.08 Å². The molecule has 2 aliphatic rings. The Morgan fingerprint density at radius 2 is 1.61 bits per heavy atom. The fourth-order valence-electron chi connectivity index (χ4n) is 4.51. The van der Waals surface area contributed by atoms with Gasteiger partial charge in [0.1, 0.15) is 0 Å². The van der Waals surface area contributed by atoms with Crippen molar-refractivity contribution in [3.63, 3.8) is 0 Å². The van der Waals surface area contributed by atoms with Gasteiger partial charge < -0.3 is 0 Å². The van der Waals surface area contributed by atoms with E-state index in [1.807, 2.05) is 0 Å². The molecule has 4 rings (SSSR count). The highest BCUT2D eigenvalue weighted by atomic mass is 14.3. The van der Waals surface area contributed by atoms with E-state index in [4.69, 9.17) is 0 Å². The maximum atomic E-state index is 2.53. The Labute approximate surface area is 140 Å². The number of rotatable bonds is 2. The van der Waals surface area contributed by atoms with E-state index in [-0.39, 0.29) is 0 Å². The van der Waals surface area contributed by atoms with Crippen LogP contribution in [0.4, 0.5) is 0 Å². The summed E-state index contributed by atoms with van der Waals surface area (Å²) in [5.41, 5.74) is 10.2. The van der Waals surface area contributed by atoms with Gasteiger partial charge in [0.15, 0.2) is 0 Å². The molecule has 0 N–H and O–H groups in total. The van der Waals surface area contributed by atoms with Crippen molar-refractivity contribution in [1.29, 1.82) is 0 Å². The Balaban J connectivity index is 1.74. The highest BCUT2D eigenvalue weighted by molar-refractivity contribution is 5.81. The van der Waals surface area contributed by atoms with E-state index in [1.54, 1.807) is 5.57 Å². The number of hydrogen-bond donors (Lipinski definition) is 0. The molecular weight excluding hydrogens is 276 g/mol. The Morgan fingerprint density at radius 1 is 0.870 bits per heavy atom. The van der Waals surface area contributed by atoms with Gasteiger partial charge in [0.05, 0.1) is 0 Å². The fraction of sp³-hybridized carbons (Fsp3) is 0.391. The van der Waals surface area contributed by atoms with Gasteiger partial charge in [0, 0.05) is 0 Å². The lowest BCUT2D eigenvalue weighted by molar-refractivity contribution is 0.401. The summed E-state index contributed by atoms with van der Waals surface area (Å²) in [6.07, 6.45) is 10.8. The number of hydrogen-bond acceptors (Lipinski definition) is 0. The third-order valence-electron chi connectivity index (χ3n) is 5.58. The molecular formula is C23H26. The quantitative estimate of drug-likeness (QED) is 0.594. The van der Waals surface area contributed by atoms with Gasteiger partial charge in [-0.3, -0.25) is 0 Å². The average molecular weight is 302 g/mol. The molecule has 2 aliphatic carbocycles. The third kappa shape index (κ3) is 2.87. The summed E-state index contributed by atoms with van der Waals surface area (Å²) in [7, 11) is 0. The summed E-state index contributed by atoms with van der Waals surface area (Å²) in [6, 6.07) is 13.8. The standard InChI is InChI=1S/C23H26/c1-16-11-17(2)13-21(12-16)22-10-6-9-19-14-20(15-23(19)22)18-7-4-3-5-8-18/h6,9-13,15,18H,3-5,7-8,14H2,1-2H3. The first-order valence-electron chi connectivity index (χ1n) is 9.12. The van der Waals surface area contributed by atoms with Crippen molar-refractivity contribution in [2.75, 3.05) is 0 Å². The van der Waals surface area contributed by atoms with E-state index in [0.717, 1.165) is 5.92 Å². The number of aryl methyl sites for hydroxylation is 2. The van der Waals surface area contributed by atoms with Gasteiger partial charge in [-0.2, -0.15) is 0 Å². The second-order valence-electron chi connectivity index (χ2n) is 7.49. The molecule has 0 unspecified atom stereocenters. The predicted octanol–water partition coefficient (Wildman–Crippen LogP) is 6.49. The zero-order chi connectivity index (χ0) is 15.8. The van der Waals surface area contributed by atoms with Gasteiger partial charge >= 0.3 is 0 Å². The maximum Gasteiger partial charge on any atom is -0.00548 e. The fourth-order valence-corrected chi connectivity index (χ4v) is 4.51. The average Bonchev–Trinajstić information content (AvgIpc) is 2.99. The van der Waals surface area contributed by atoms with Gasteiger partial charge in [0.25, 0.3) is 0 Å². The van der Waals surface area contributed by atoms with Crippen LogP contribution in [-0.2, 0) is 6.42 Å². The Kier molecular flexibility index (Phi) is 3.85. The van der Waals surface area contributed by atoms with Crippen LogP contribution in [0.2, 0.25) is 0 Å². The summed E-state index contributed by atoms with van der Waals surface area (Å²) >= 11 is 0. The largest absolute Gasteiger partial charge is 0.0621 e. The van der Waals surface area contributed by atoms with Gasteiger partial charge in [-0.25, -0.2) is 0 Å². The molecule has 0 heteroatoms. The zero-order valence-electron chi connectivity index (χ0n) is 14.4. The molecule has 0 heterocycles. The molecule has 0 bridgehead atoms. The van der Waals surface area contributed by atoms with Crippen LogP contribution >= 0.6 is 0 Å². The van der Waals surface area contributed by atoms with Gasteiger partial charge in [-0.15, -0.1) is 0 Å². The van der Waals surface area contributed by atoms with Gasteiger partial charge in [-0.1, -0.05) is 78.4 Å². The SMILES string of the molecule is Cc1cc(C)cc(-c2cccc3c2C=C(C2CCCCC2)C3)c1. The summed E-state index contributed by atoms with van der Waals surface area (Å²) in [6.45, 7) is 4.39. The lowest BCUT2D eigenvalue weighted by Crippen LogP contribution is -2.08. The van der Waals surface area contributed by atoms with E-state index in [2.05, 4.69) is 56.3 Å². The van der Waals surface area contributed by atoms with Crippen molar-refractivity contribution in [2.24, 2.45) is 5.92 Å². The van der Waals surface area contributed by atoms with Crippen LogP contribution in [0.3, 0.4) is 0 Å². The Bertz CT molecular complexity index is 737. The highest BCUT2D eigenvalue weighted by Gasteiger charge is 2.24. The first-order valence-corrected chi connectivity index (χ1v) is 9.12. The molecule has 0 aliphatic heterocycles. The monoisotopic (exact) mass is 302 g/mol. The van der Waals surface area contributed by atoms with Crippen LogP contribution in [-0.4, -0.2) is 0 Å². The molecule has 0 aromatic heterocycles. The number of fused-ring (bicyclic) bond motifs is 1. The van der Waals surface area contributed by atoms with E-state index in [1.165, 1.54) is 71.9 Å². The summed E-state index contributed by atoms with van der Waals surface area (Å²) in [4.78, 5) is 0. The molecule has 0 amide bonds. The first kappa shape index (κ1) is 14.8. The molecule has 0 atom stereocenters. The molecule has 0 nitrogen and oxygen atoms in total. The second kappa shape index (κ2) is 6.00. The molecule has 118 valence electrons. The van der Waals surface area contributed by atoms with Crippen LogP contribution in [0.25, 0.3) is 17.2 Å². The van der Waals surface area contributed by atoms with Gasteiger partial charge in [-0.05, 0) is 61.3 Å². The van der Waals surface area contributed by atoms with Crippen LogP contribution < -0.4 is 0 Å². The number of benzene rings is 2. The summed E-state index contributed by atoms with van der Waals surface area (Å²) in [5.74, 6) is 0.836. The third-order valence-corrected chi connectivity index (χ3v) is 5.58. The minimum atomic E-state index is 0.836. The molecule has 0 saturated heterocycles. The molecule has 1 saturated carbocycles. The lowest BCUT2D eigenvalue weighted by atomic mass is 9.83. The summed E-state index contributed by atoms with van der Waals surface area (Å²) < 4.78 is 0. The van der Waals surface area contributed by atoms with Crippen molar-refractivity contribution in [2.45, 2.75) is 52.4 Å². The Hall–Kier alpha value is -1.82. The molecule has 1 fully saturated rings. The minimum Gasteiger partial charge on any atom is -0.0621 e. The molecule has 23 heavy (non-hydrogen) atoms. The highest BCUT2D eigenvalue weighted by Crippen LogP contribution is 2.40. The molecule has 0 spiro atoms. The maximum absolute atomic E-state index is 2.53. The van der Waals surface area contributed by atoms with Crippen LogP contribution in [0.15, 0.2) is 42.0 Å². The van der Waals surface area contributed by atoms with Crippen molar-refractivity contribution in [1.82, 2.24) is 0 Å². The van der Waals surface area contributed by atoms with E-state index < -0.39 is 0 Å². The van der Waals surface area contributed by atoms with Crippen molar-refractivity contribution in [3.05, 3.63) is 64.2 Å². The van der Waals surface area contributed by atoms with Crippen molar-refractivity contribution in [3.8, 4) is 11.1 Å². The first-order chi connectivity index (χ1) is 11.2. The molecule has 2 aromatic rings. The smallest absolute Gasteiger partial charge is 0.00548 e. The normalized spacial score (nSPS) is 17.9. The van der Waals surface area contributed by atoms with Crippen LogP contribution in [0.1, 0.15) is 54.4 Å². The minimum absolute atomic E-state index is 0.836. The summed E-state index contributed by atoms with van der Waals surface area (Å²) in [5, 5.41) is 0. The van der Waals surface area contributed by atoms with E-state index in [0.29, 0.717) is 0 Å². The molecule has 0 radical (unpaired) electrons. The van der Waals surface area contributed by atoms with Crippen LogP contribution in [0.5, 0.6) is 0 Å². The van der Waals surface area contributed by atoms with Crippen LogP contribution in [0, 0.1) is 19.8 Å². The number of allylic oxidation sites excluding steroid dienone is 1. The van der Waals surface area contributed by atoms with E-state index in [9.17, 15) is 0 Å². The van der Waals surface area contributed by atoms with Crippen molar-refractivity contribution < 1.29 is 0 Å².